The van der Waals surface area contributed by atoms with Gasteiger partial charge < -0.3 is 4.74 Å². The molecule has 1 unspecified atom stereocenters. The van der Waals surface area contributed by atoms with E-state index < -0.39 is 0 Å². The lowest BCUT2D eigenvalue weighted by Gasteiger charge is -2.09. The van der Waals surface area contributed by atoms with E-state index >= 15 is 0 Å². The fourth-order valence-electron chi connectivity index (χ4n) is 2.16. The summed E-state index contributed by atoms with van der Waals surface area (Å²) >= 11 is 8.01. The number of fused-ring (bicyclic) bond motifs is 1. The molecule has 16 heavy (non-hydrogen) atoms. The number of rotatable bonds is 2. The molecule has 0 amide bonds. The van der Waals surface area contributed by atoms with Crippen molar-refractivity contribution in [1.82, 2.24) is 9.97 Å². The first-order valence-corrected chi connectivity index (χ1v) is 7.09. The van der Waals surface area contributed by atoms with Crippen LogP contribution in [0.4, 0.5) is 0 Å². The minimum absolute atomic E-state index is 0.295. The topological polar surface area (TPSA) is 35.0 Å². The minimum atomic E-state index is 0.295. The lowest BCUT2D eigenvalue weighted by molar-refractivity contribution is 0.110. The van der Waals surface area contributed by atoms with E-state index in [2.05, 4.69) is 9.97 Å². The highest BCUT2D eigenvalue weighted by atomic mass is 35.5. The van der Waals surface area contributed by atoms with Gasteiger partial charge in [-0.2, -0.15) is 11.8 Å². The second kappa shape index (κ2) is 4.51. The van der Waals surface area contributed by atoms with Crippen molar-refractivity contribution in [2.75, 3.05) is 6.61 Å². The molecule has 1 saturated heterocycles. The molecule has 0 aliphatic carbocycles. The van der Waals surface area contributed by atoms with Crippen molar-refractivity contribution in [2.45, 2.75) is 36.9 Å². The van der Waals surface area contributed by atoms with Gasteiger partial charge in [0.25, 0.3) is 0 Å². The molecule has 86 valence electrons. The molecule has 0 aromatic carbocycles. The summed E-state index contributed by atoms with van der Waals surface area (Å²) in [7, 11) is 0. The Kier molecular flexibility index (Phi) is 3.05. The van der Waals surface area contributed by atoms with E-state index in [0.717, 1.165) is 54.5 Å². The molecule has 2 aliphatic heterocycles. The SMILES string of the molecule is Clc1nc(CC2CCCO2)nc2c1CSC2. The molecular weight excluding hydrogens is 244 g/mol. The number of halogens is 1. The Balaban J connectivity index is 1.82. The largest absolute Gasteiger partial charge is 0.378 e. The summed E-state index contributed by atoms with van der Waals surface area (Å²) in [6.45, 7) is 0.874. The number of hydrogen-bond donors (Lipinski definition) is 0. The molecule has 0 radical (unpaired) electrons. The standard InChI is InChI=1S/C11H13ClN2OS/c12-11-8-5-16-6-9(8)13-10(14-11)4-7-2-1-3-15-7/h7H,1-6H2. The molecular formula is C11H13ClN2OS. The van der Waals surface area contributed by atoms with E-state index in [1.54, 1.807) is 0 Å². The molecule has 3 rings (SSSR count). The van der Waals surface area contributed by atoms with E-state index in [1.165, 1.54) is 0 Å². The zero-order valence-electron chi connectivity index (χ0n) is 8.91. The van der Waals surface area contributed by atoms with E-state index in [4.69, 9.17) is 16.3 Å². The molecule has 1 aromatic heterocycles. The zero-order valence-corrected chi connectivity index (χ0v) is 10.5. The minimum Gasteiger partial charge on any atom is -0.378 e. The Morgan fingerprint density at radius 2 is 2.31 bits per heavy atom. The van der Waals surface area contributed by atoms with Crippen LogP contribution in [0, 0.1) is 0 Å². The second-order valence-corrected chi connectivity index (χ2v) is 5.53. The average Bonchev–Trinajstić information content (AvgIpc) is 2.87. The molecule has 0 N–H and O–H groups in total. The van der Waals surface area contributed by atoms with Crippen LogP contribution in [0.1, 0.15) is 29.9 Å². The Morgan fingerprint density at radius 3 is 3.12 bits per heavy atom. The summed E-state index contributed by atoms with van der Waals surface area (Å²) < 4.78 is 5.59. The highest BCUT2D eigenvalue weighted by Gasteiger charge is 2.22. The van der Waals surface area contributed by atoms with Crippen molar-refractivity contribution in [3.8, 4) is 0 Å². The fraction of sp³-hybridized carbons (Fsp3) is 0.636. The van der Waals surface area contributed by atoms with Crippen LogP contribution in [0.5, 0.6) is 0 Å². The van der Waals surface area contributed by atoms with Crippen LogP contribution >= 0.6 is 23.4 Å². The molecule has 3 nitrogen and oxygen atoms in total. The second-order valence-electron chi connectivity index (χ2n) is 4.19. The molecule has 5 heteroatoms. The van der Waals surface area contributed by atoms with Crippen molar-refractivity contribution < 1.29 is 4.74 Å². The van der Waals surface area contributed by atoms with Crippen molar-refractivity contribution in [1.29, 1.82) is 0 Å². The van der Waals surface area contributed by atoms with Gasteiger partial charge in [-0.3, -0.25) is 0 Å². The van der Waals surface area contributed by atoms with E-state index in [1.807, 2.05) is 11.8 Å². The zero-order chi connectivity index (χ0) is 11.0. The van der Waals surface area contributed by atoms with Crippen LogP contribution in [0.15, 0.2) is 0 Å². The summed E-state index contributed by atoms with van der Waals surface area (Å²) in [4.78, 5) is 8.95. The lowest BCUT2D eigenvalue weighted by Crippen LogP contribution is -2.13. The van der Waals surface area contributed by atoms with Gasteiger partial charge in [0.2, 0.25) is 0 Å². The Labute approximate surface area is 104 Å². The molecule has 1 fully saturated rings. The average molecular weight is 257 g/mol. The molecule has 3 heterocycles. The van der Waals surface area contributed by atoms with Crippen LogP contribution in [0.3, 0.4) is 0 Å². The summed E-state index contributed by atoms with van der Waals surface area (Å²) in [6, 6.07) is 0. The number of ether oxygens (including phenoxy) is 1. The summed E-state index contributed by atoms with van der Waals surface area (Å²) in [5.41, 5.74) is 2.25. The van der Waals surface area contributed by atoms with Gasteiger partial charge >= 0.3 is 0 Å². The van der Waals surface area contributed by atoms with Gasteiger partial charge in [-0.1, -0.05) is 11.6 Å². The number of hydrogen-bond acceptors (Lipinski definition) is 4. The van der Waals surface area contributed by atoms with Gasteiger partial charge in [-0.05, 0) is 12.8 Å². The third kappa shape index (κ3) is 2.06. The first kappa shape index (κ1) is 10.8. The predicted molar refractivity (Wildman–Crippen MR) is 64.7 cm³/mol. The van der Waals surface area contributed by atoms with Crippen molar-refractivity contribution in [3.63, 3.8) is 0 Å². The number of aromatic nitrogens is 2. The van der Waals surface area contributed by atoms with Crippen LogP contribution in [0.25, 0.3) is 0 Å². The Bertz CT molecular complexity index is 407. The smallest absolute Gasteiger partial charge is 0.137 e. The lowest BCUT2D eigenvalue weighted by atomic mass is 10.1. The van der Waals surface area contributed by atoms with Crippen LogP contribution < -0.4 is 0 Å². The Morgan fingerprint density at radius 1 is 1.38 bits per heavy atom. The highest BCUT2D eigenvalue weighted by molar-refractivity contribution is 7.98. The van der Waals surface area contributed by atoms with Gasteiger partial charge in [0.05, 0.1) is 11.8 Å². The van der Waals surface area contributed by atoms with Crippen molar-refractivity contribution in [2.24, 2.45) is 0 Å². The first-order chi connectivity index (χ1) is 7.83. The highest BCUT2D eigenvalue weighted by Crippen LogP contribution is 2.32. The number of thioether (sulfide) groups is 1. The molecule has 1 atom stereocenters. The van der Waals surface area contributed by atoms with E-state index in [-0.39, 0.29) is 0 Å². The summed E-state index contributed by atoms with van der Waals surface area (Å²) in [5, 5.41) is 0.642. The third-order valence-corrected chi connectivity index (χ3v) is 4.29. The third-order valence-electron chi connectivity index (χ3n) is 3.01. The molecule has 0 bridgehead atoms. The van der Waals surface area contributed by atoms with Crippen LogP contribution in [-0.2, 0) is 22.7 Å². The Hall–Kier alpha value is -0.320. The van der Waals surface area contributed by atoms with Gasteiger partial charge in [-0.25, -0.2) is 9.97 Å². The molecule has 2 aliphatic rings. The van der Waals surface area contributed by atoms with Crippen LogP contribution in [-0.4, -0.2) is 22.7 Å². The first-order valence-electron chi connectivity index (χ1n) is 5.56. The van der Waals surface area contributed by atoms with Crippen molar-refractivity contribution >= 4 is 23.4 Å². The predicted octanol–water partition coefficient (Wildman–Crippen LogP) is 2.60. The number of nitrogens with zero attached hydrogens (tertiary/aromatic N) is 2. The van der Waals surface area contributed by atoms with Gasteiger partial charge in [0, 0.05) is 30.1 Å². The maximum atomic E-state index is 6.15. The molecule has 0 saturated carbocycles. The van der Waals surface area contributed by atoms with Gasteiger partial charge in [0.1, 0.15) is 11.0 Å². The molecule has 0 spiro atoms. The van der Waals surface area contributed by atoms with E-state index in [9.17, 15) is 0 Å². The normalized spacial score (nSPS) is 23.7. The maximum Gasteiger partial charge on any atom is 0.137 e. The summed E-state index contributed by atoms with van der Waals surface area (Å²) in [6.07, 6.45) is 3.37. The van der Waals surface area contributed by atoms with Gasteiger partial charge in [0.15, 0.2) is 0 Å². The quantitative estimate of drug-likeness (QED) is 0.762. The molecule has 1 aromatic rings. The van der Waals surface area contributed by atoms with Crippen LogP contribution in [0.2, 0.25) is 5.15 Å². The monoisotopic (exact) mass is 256 g/mol. The van der Waals surface area contributed by atoms with Gasteiger partial charge in [-0.15, -0.1) is 0 Å². The van der Waals surface area contributed by atoms with E-state index in [0.29, 0.717) is 11.3 Å². The van der Waals surface area contributed by atoms with Crippen molar-refractivity contribution in [3.05, 3.63) is 22.2 Å². The summed E-state index contributed by atoms with van der Waals surface area (Å²) in [5.74, 6) is 2.77. The fourth-order valence-corrected chi connectivity index (χ4v) is 3.55. The maximum absolute atomic E-state index is 6.15.